The summed E-state index contributed by atoms with van der Waals surface area (Å²) in [6.45, 7) is 10.0. The zero-order valence-corrected chi connectivity index (χ0v) is 12.9. The van der Waals surface area contributed by atoms with Crippen LogP contribution in [-0.2, 0) is 13.1 Å². The second kappa shape index (κ2) is 6.27. The van der Waals surface area contributed by atoms with Crippen molar-refractivity contribution in [1.82, 2.24) is 20.0 Å². The third kappa shape index (κ3) is 3.07. The number of aryl methyl sites for hydroxylation is 2. The van der Waals surface area contributed by atoms with Crippen LogP contribution in [0.15, 0.2) is 6.07 Å². The Hall–Kier alpha value is -0.870. The number of nitrogens with one attached hydrogen (secondary N) is 1. The molecule has 2 unspecified atom stereocenters. The molecule has 4 nitrogen and oxygen atoms in total. The van der Waals surface area contributed by atoms with Crippen LogP contribution in [-0.4, -0.2) is 40.4 Å². The van der Waals surface area contributed by atoms with Gasteiger partial charge in [0.25, 0.3) is 0 Å². The van der Waals surface area contributed by atoms with Crippen molar-refractivity contribution in [1.29, 1.82) is 0 Å². The van der Waals surface area contributed by atoms with Crippen molar-refractivity contribution < 1.29 is 0 Å². The topological polar surface area (TPSA) is 33.1 Å². The molecule has 3 heterocycles. The van der Waals surface area contributed by atoms with Gasteiger partial charge in [0.1, 0.15) is 0 Å². The summed E-state index contributed by atoms with van der Waals surface area (Å²) in [6.07, 6.45) is 5.50. The van der Waals surface area contributed by atoms with Crippen molar-refractivity contribution >= 4 is 0 Å². The fourth-order valence-electron chi connectivity index (χ4n) is 3.91. The van der Waals surface area contributed by atoms with Gasteiger partial charge in [-0.3, -0.25) is 9.58 Å². The van der Waals surface area contributed by atoms with Crippen LogP contribution < -0.4 is 5.32 Å². The Bertz CT molecular complexity index is 434. The number of aromatic nitrogens is 2. The molecule has 4 heteroatoms. The Morgan fingerprint density at radius 1 is 1.35 bits per heavy atom. The lowest BCUT2D eigenvalue weighted by Gasteiger charge is -2.35. The molecular formula is C16H28N4. The fourth-order valence-corrected chi connectivity index (χ4v) is 3.91. The van der Waals surface area contributed by atoms with E-state index in [0.717, 1.165) is 30.7 Å². The molecule has 0 radical (unpaired) electrons. The Morgan fingerprint density at radius 2 is 2.25 bits per heavy atom. The minimum atomic E-state index is 0.774. The molecular weight excluding hydrogens is 248 g/mol. The van der Waals surface area contributed by atoms with Crippen LogP contribution in [0.2, 0.25) is 0 Å². The number of rotatable bonds is 4. The number of piperidine rings is 1. The van der Waals surface area contributed by atoms with Crippen LogP contribution in [0.5, 0.6) is 0 Å². The third-order valence-electron chi connectivity index (χ3n) is 4.88. The van der Waals surface area contributed by atoms with Crippen molar-refractivity contribution in [2.75, 3.05) is 19.6 Å². The number of nitrogens with zero attached hydrogens (tertiary/aromatic N) is 3. The molecule has 3 rings (SSSR count). The Labute approximate surface area is 122 Å². The molecule has 2 atom stereocenters. The lowest BCUT2D eigenvalue weighted by atomic mass is 9.90. The van der Waals surface area contributed by atoms with Gasteiger partial charge in [-0.05, 0) is 64.6 Å². The maximum Gasteiger partial charge on any atom is 0.0597 e. The van der Waals surface area contributed by atoms with E-state index in [1.165, 1.54) is 51.0 Å². The van der Waals surface area contributed by atoms with E-state index in [2.05, 4.69) is 39.9 Å². The Balaban J connectivity index is 1.61. The average Bonchev–Trinajstić information content (AvgIpc) is 3.08. The van der Waals surface area contributed by atoms with Crippen molar-refractivity contribution in [3.63, 3.8) is 0 Å². The molecule has 0 amide bonds. The summed E-state index contributed by atoms with van der Waals surface area (Å²) in [5.41, 5.74) is 2.53. The highest BCUT2D eigenvalue weighted by Crippen LogP contribution is 2.25. The summed E-state index contributed by atoms with van der Waals surface area (Å²) in [6, 6.07) is 3.02. The molecule has 1 aromatic rings. The fraction of sp³-hybridized carbons (Fsp3) is 0.812. The third-order valence-corrected chi connectivity index (χ3v) is 4.88. The van der Waals surface area contributed by atoms with Gasteiger partial charge >= 0.3 is 0 Å². The molecule has 2 saturated heterocycles. The van der Waals surface area contributed by atoms with E-state index in [4.69, 9.17) is 0 Å². The van der Waals surface area contributed by atoms with Crippen molar-refractivity contribution in [3.8, 4) is 0 Å². The van der Waals surface area contributed by atoms with Gasteiger partial charge in [0.05, 0.1) is 11.4 Å². The predicted octanol–water partition coefficient (Wildman–Crippen LogP) is 2.18. The predicted molar refractivity (Wildman–Crippen MR) is 81.7 cm³/mol. The van der Waals surface area contributed by atoms with Crippen LogP contribution in [0.3, 0.4) is 0 Å². The second-order valence-corrected chi connectivity index (χ2v) is 6.43. The zero-order valence-electron chi connectivity index (χ0n) is 12.9. The van der Waals surface area contributed by atoms with Gasteiger partial charge in [-0.1, -0.05) is 0 Å². The van der Waals surface area contributed by atoms with Gasteiger partial charge in [0.2, 0.25) is 0 Å². The van der Waals surface area contributed by atoms with Gasteiger partial charge < -0.3 is 5.32 Å². The Morgan fingerprint density at radius 3 is 3.00 bits per heavy atom. The van der Waals surface area contributed by atoms with Crippen LogP contribution in [0.4, 0.5) is 0 Å². The molecule has 112 valence electrons. The number of likely N-dealkylation sites (tertiary alicyclic amines) is 1. The van der Waals surface area contributed by atoms with Gasteiger partial charge in [0, 0.05) is 25.7 Å². The summed E-state index contributed by atoms with van der Waals surface area (Å²) in [5, 5.41) is 8.26. The summed E-state index contributed by atoms with van der Waals surface area (Å²) in [5.74, 6) is 0.852. The van der Waals surface area contributed by atoms with E-state index in [0.29, 0.717) is 0 Å². The second-order valence-electron chi connectivity index (χ2n) is 6.43. The molecule has 0 saturated carbocycles. The molecule has 1 aromatic heterocycles. The van der Waals surface area contributed by atoms with Crippen molar-refractivity contribution in [3.05, 3.63) is 17.5 Å². The van der Waals surface area contributed by atoms with E-state index in [-0.39, 0.29) is 0 Å². The maximum absolute atomic E-state index is 4.57. The quantitative estimate of drug-likeness (QED) is 0.915. The normalized spacial score (nSPS) is 28.1. The van der Waals surface area contributed by atoms with Crippen LogP contribution >= 0.6 is 0 Å². The monoisotopic (exact) mass is 276 g/mol. The molecule has 0 aromatic carbocycles. The van der Waals surface area contributed by atoms with Gasteiger partial charge in [-0.15, -0.1) is 0 Å². The summed E-state index contributed by atoms with van der Waals surface area (Å²) in [7, 11) is 0. The summed E-state index contributed by atoms with van der Waals surface area (Å²) < 4.78 is 2.16. The first-order valence-corrected chi connectivity index (χ1v) is 8.25. The standard InChI is InChI=1S/C16H28N4/c1-3-20-15(10-13(2)18-20)12-19-9-5-6-14(11-19)16-7-4-8-17-16/h10,14,16-17H,3-9,11-12H2,1-2H3. The summed E-state index contributed by atoms with van der Waals surface area (Å²) in [4.78, 5) is 2.64. The minimum Gasteiger partial charge on any atom is -0.314 e. The van der Waals surface area contributed by atoms with Gasteiger partial charge in [-0.25, -0.2) is 0 Å². The van der Waals surface area contributed by atoms with Crippen molar-refractivity contribution in [2.24, 2.45) is 5.92 Å². The smallest absolute Gasteiger partial charge is 0.0597 e. The molecule has 1 N–H and O–H groups in total. The number of hydrogen-bond donors (Lipinski definition) is 1. The molecule has 0 spiro atoms. The van der Waals surface area contributed by atoms with E-state index in [1.54, 1.807) is 0 Å². The first-order valence-electron chi connectivity index (χ1n) is 8.25. The maximum atomic E-state index is 4.57. The highest BCUT2D eigenvalue weighted by atomic mass is 15.3. The van der Waals surface area contributed by atoms with Crippen LogP contribution in [0.1, 0.15) is 44.0 Å². The lowest BCUT2D eigenvalue weighted by Crippen LogP contribution is -2.43. The highest BCUT2D eigenvalue weighted by molar-refractivity contribution is 5.09. The van der Waals surface area contributed by atoms with E-state index < -0.39 is 0 Å². The van der Waals surface area contributed by atoms with E-state index >= 15 is 0 Å². The largest absolute Gasteiger partial charge is 0.314 e. The van der Waals surface area contributed by atoms with Gasteiger partial charge in [-0.2, -0.15) is 5.10 Å². The molecule has 0 aliphatic carbocycles. The van der Waals surface area contributed by atoms with Crippen molar-refractivity contribution in [2.45, 2.75) is 58.7 Å². The first kappa shape index (κ1) is 14.1. The molecule has 2 aliphatic heterocycles. The molecule has 2 aliphatic rings. The number of hydrogen-bond acceptors (Lipinski definition) is 3. The van der Waals surface area contributed by atoms with E-state index in [9.17, 15) is 0 Å². The highest BCUT2D eigenvalue weighted by Gasteiger charge is 2.29. The first-order chi connectivity index (χ1) is 9.76. The van der Waals surface area contributed by atoms with E-state index in [1.807, 2.05) is 0 Å². The zero-order chi connectivity index (χ0) is 13.9. The lowest BCUT2D eigenvalue weighted by molar-refractivity contribution is 0.142. The summed E-state index contributed by atoms with van der Waals surface area (Å²) >= 11 is 0. The molecule has 0 bridgehead atoms. The minimum absolute atomic E-state index is 0.774. The van der Waals surface area contributed by atoms with Crippen LogP contribution in [0, 0.1) is 12.8 Å². The van der Waals surface area contributed by atoms with Gasteiger partial charge in [0.15, 0.2) is 0 Å². The SMILES string of the molecule is CCn1nc(C)cc1CN1CCCC(C2CCCN2)C1. The molecule has 20 heavy (non-hydrogen) atoms. The molecule has 2 fully saturated rings. The average molecular weight is 276 g/mol. The Kier molecular flexibility index (Phi) is 4.41. The van der Waals surface area contributed by atoms with Crippen LogP contribution in [0.25, 0.3) is 0 Å².